The van der Waals surface area contributed by atoms with Crippen molar-refractivity contribution in [1.29, 1.82) is 0 Å². The van der Waals surface area contributed by atoms with Gasteiger partial charge in [-0.25, -0.2) is 18.7 Å². The molecule has 0 saturated heterocycles. The highest BCUT2D eigenvalue weighted by Crippen LogP contribution is 2.28. The summed E-state index contributed by atoms with van der Waals surface area (Å²) in [6, 6.07) is 10.9. The standard InChI is InChI=1S/C22H19F2N3O3/c1-29-9-10-30-14-7-5-13(6-8-14)11-17-20-18(12-25-22(20)28)27-21(26-17)19-15(23)3-2-4-16(19)24/h2-8H,9-12H2,1H3,(H,25,28). The van der Waals surface area contributed by atoms with Crippen LogP contribution in [0.25, 0.3) is 11.4 Å². The van der Waals surface area contributed by atoms with E-state index < -0.39 is 11.6 Å². The third-order valence-electron chi connectivity index (χ3n) is 4.74. The lowest BCUT2D eigenvalue weighted by molar-refractivity contribution is 0.0964. The minimum absolute atomic E-state index is 0.0737. The van der Waals surface area contributed by atoms with E-state index in [1.807, 2.05) is 24.3 Å². The second kappa shape index (κ2) is 8.54. The molecule has 3 aromatic rings. The number of aromatic nitrogens is 2. The van der Waals surface area contributed by atoms with Crippen LogP contribution in [0, 0.1) is 11.6 Å². The molecular weight excluding hydrogens is 392 g/mol. The molecule has 0 unspecified atom stereocenters. The lowest BCUT2D eigenvalue weighted by Crippen LogP contribution is -2.14. The molecule has 6 nitrogen and oxygen atoms in total. The first kappa shape index (κ1) is 19.9. The Balaban J connectivity index is 1.67. The molecule has 1 aliphatic heterocycles. The summed E-state index contributed by atoms with van der Waals surface area (Å²) in [7, 11) is 1.60. The monoisotopic (exact) mass is 411 g/mol. The van der Waals surface area contributed by atoms with Crippen molar-refractivity contribution in [2.45, 2.75) is 13.0 Å². The Morgan fingerprint density at radius 3 is 2.43 bits per heavy atom. The van der Waals surface area contributed by atoms with Crippen LogP contribution in [0.15, 0.2) is 42.5 Å². The summed E-state index contributed by atoms with van der Waals surface area (Å²) >= 11 is 0. The van der Waals surface area contributed by atoms with E-state index in [2.05, 4.69) is 15.3 Å². The van der Waals surface area contributed by atoms with Crippen LogP contribution in [0.5, 0.6) is 5.75 Å². The highest BCUT2D eigenvalue weighted by molar-refractivity contribution is 5.99. The van der Waals surface area contributed by atoms with E-state index in [0.717, 1.165) is 17.7 Å². The van der Waals surface area contributed by atoms with E-state index >= 15 is 0 Å². The molecule has 0 fully saturated rings. The minimum atomic E-state index is -0.754. The Labute approximate surface area is 171 Å². The van der Waals surface area contributed by atoms with Gasteiger partial charge in [-0.05, 0) is 29.8 Å². The normalized spacial score (nSPS) is 12.6. The van der Waals surface area contributed by atoms with Gasteiger partial charge in [0.05, 0.1) is 35.7 Å². The van der Waals surface area contributed by atoms with Crippen molar-refractivity contribution >= 4 is 5.91 Å². The molecule has 1 aromatic heterocycles. The maximum absolute atomic E-state index is 14.3. The number of hydrogen-bond donors (Lipinski definition) is 1. The smallest absolute Gasteiger partial charge is 0.255 e. The minimum Gasteiger partial charge on any atom is -0.491 e. The number of carbonyl (C=O) groups is 1. The van der Waals surface area contributed by atoms with Gasteiger partial charge < -0.3 is 14.8 Å². The molecule has 1 aliphatic rings. The van der Waals surface area contributed by atoms with E-state index in [1.165, 1.54) is 6.07 Å². The molecule has 8 heteroatoms. The number of amides is 1. The van der Waals surface area contributed by atoms with Crippen LogP contribution in [0.4, 0.5) is 8.78 Å². The Bertz CT molecular complexity index is 1070. The van der Waals surface area contributed by atoms with Crippen molar-refractivity contribution in [3.8, 4) is 17.1 Å². The second-order valence-electron chi connectivity index (χ2n) is 6.76. The van der Waals surface area contributed by atoms with Crippen LogP contribution in [0.3, 0.4) is 0 Å². The summed E-state index contributed by atoms with van der Waals surface area (Å²) < 4.78 is 39.0. The molecule has 1 amide bonds. The largest absolute Gasteiger partial charge is 0.491 e. The Hall–Kier alpha value is -3.39. The third-order valence-corrected chi connectivity index (χ3v) is 4.74. The molecule has 1 N–H and O–H groups in total. The number of fused-ring (bicyclic) bond motifs is 1. The number of carbonyl (C=O) groups excluding carboxylic acids is 1. The number of halogens is 2. The van der Waals surface area contributed by atoms with Crippen molar-refractivity contribution in [2.75, 3.05) is 20.3 Å². The summed E-state index contributed by atoms with van der Waals surface area (Å²) in [6.07, 6.45) is 0.305. The van der Waals surface area contributed by atoms with Crippen molar-refractivity contribution in [1.82, 2.24) is 15.3 Å². The molecular formula is C22H19F2N3O3. The second-order valence-corrected chi connectivity index (χ2v) is 6.76. The quantitative estimate of drug-likeness (QED) is 0.604. The lowest BCUT2D eigenvalue weighted by Gasteiger charge is -2.11. The molecule has 154 valence electrons. The summed E-state index contributed by atoms with van der Waals surface area (Å²) in [5.74, 6) is -1.18. The number of nitrogens with zero attached hydrogens (tertiary/aromatic N) is 2. The molecule has 30 heavy (non-hydrogen) atoms. The van der Waals surface area contributed by atoms with E-state index in [1.54, 1.807) is 7.11 Å². The predicted molar refractivity (Wildman–Crippen MR) is 105 cm³/mol. The topological polar surface area (TPSA) is 73.3 Å². The van der Waals surface area contributed by atoms with Crippen LogP contribution < -0.4 is 10.1 Å². The van der Waals surface area contributed by atoms with Gasteiger partial charge in [-0.2, -0.15) is 0 Å². The van der Waals surface area contributed by atoms with E-state index in [4.69, 9.17) is 9.47 Å². The van der Waals surface area contributed by atoms with Gasteiger partial charge in [-0.15, -0.1) is 0 Å². The van der Waals surface area contributed by atoms with E-state index in [9.17, 15) is 13.6 Å². The highest BCUT2D eigenvalue weighted by atomic mass is 19.1. The molecule has 0 aliphatic carbocycles. The van der Waals surface area contributed by atoms with Crippen LogP contribution in [0.2, 0.25) is 0 Å². The first-order valence-electron chi connectivity index (χ1n) is 9.40. The summed E-state index contributed by atoms with van der Waals surface area (Å²) in [6.45, 7) is 1.12. The van der Waals surface area contributed by atoms with Crippen molar-refractivity contribution < 1.29 is 23.0 Å². The van der Waals surface area contributed by atoms with Gasteiger partial charge in [0.1, 0.15) is 24.0 Å². The Morgan fingerprint density at radius 2 is 1.73 bits per heavy atom. The Morgan fingerprint density at radius 1 is 1.00 bits per heavy atom. The maximum Gasteiger partial charge on any atom is 0.255 e. The molecule has 0 saturated carbocycles. The van der Waals surface area contributed by atoms with Crippen LogP contribution in [-0.2, 0) is 17.7 Å². The van der Waals surface area contributed by atoms with Gasteiger partial charge in [-0.3, -0.25) is 4.79 Å². The molecule has 2 heterocycles. The molecule has 0 radical (unpaired) electrons. The molecule has 0 atom stereocenters. The summed E-state index contributed by atoms with van der Waals surface area (Å²) in [4.78, 5) is 20.9. The first-order chi connectivity index (χ1) is 14.6. The third kappa shape index (κ3) is 3.99. The van der Waals surface area contributed by atoms with Gasteiger partial charge in [0, 0.05) is 13.5 Å². The number of benzene rings is 2. The fourth-order valence-electron chi connectivity index (χ4n) is 3.29. The highest BCUT2D eigenvalue weighted by Gasteiger charge is 2.28. The zero-order valence-corrected chi connectivity index (χ0v) is 16.2. The SMILES string of the molecule is COCCOc1ccc(Cc2nc(-c3c(F)cccc3F)nc3c2C(=O)NC3)cc1. The van der Waals surface area contributed by atoms with Gasteiger partial charge in [0.25, 0.3) is 5.91 Å². The van der Waals surface area contributed by atoms with Crippen LogP contribution >= 0.6 is 0 Å². The zero-order chi connectivity index (χ0) is 21.1. The number of nitrogens with one attached hydrogen (secondary N) is 1. The molecule has 2 aromatic carbocycles. The van der Waals surface area contributed by atoms with Crippen molar-refractivity contribution in [3.05, 3.63) is 76.6 Å². The van der Waals surface area contributed by atoms with Crippen molar-refractivity contribution in [3.63, 3.8) is 0 Å². The average Bonchev–Trinajstić information content (AvgIpc) is 3.10. The molecule has 0 spiro atoms. The van der Waals surface area contributed by atoms with E-state index in [-0.39, 0.29) is 23.8 Å². The summed E-state index contributed by atoms with van der Waals surface area (Å²) in [5, 5.41) is 2.70. The molecule has 4 rings (SSSR count). The van der Waals surface area contributed by atoms with Gasteiger partial charge in [0.2, 0.25) is 0 Å². The maximum atomic E-state index is 14.3. The Kier molecular flexibility index (Phi) is 5.67. The lowest BCUT2D eigenvalue weighted by atomic mass is 10.0. The number of ether oxygens (including phenoxy) is 2. The fourth-order valence-corrected chi connectivity index (χ4v) is 3.29. The number of rotatable bonds is 7. The van der Waals surface area contributed by atoms with Gasteiger partial charge in [-0.1, -0.05) is 18.2 Å². The zero-order valence-electron chi connectivity index (χ0n) is 16.2. The predicted octanol–water partition coefficient (Wildman–Crippen LogP) is 3.28. The van der Waals surface area contributed by atoms with Crippen LogP contribution in [-0.4, -0.2) is 36.2 Å². The first-order valence-corrected chi connectivity index (χ1v) is 9.40. The van der Waals surface area contributed by atoms with Gasteiger partial charge >= 0.3 is 0 Å². The fraction of sp³-hybridized carbons (Fsp3) is 0.227. The summed E-state index contributed by atoms with van der Waals surface area (Å²) in [5.41, 5.74) is 1.77. The number of methoxy groups -OCH3 is 1. The van der Waals surface area contributed by atoms with Gasteiger partial charge in [0.15, 0.2) is 5.82 Å². The molecule has 0 bridgehead atoms. The average molecular weight is 411 g/mol. The van der Waals surface area contributed by atoms with E-state index in [0.29, 0.717) is 42.3 Å². The van der Waals surface area contributed by atoms with Crippen molar-refractivity contribution in [2.24, 2.45) is 0 Å². The number of hydrogen-bond acceptors (Lipinski definition) is 5. The van der Waals surface area contributed by atoms with Crippen LogP contribution in [0.1, 0.15) is 27.3 Å².